The second kappa shape index (κ2) is 8.37. The molecule has 130 valence electrons. The van der Waals surface area contributed by atoms with Gasteiger partial charge in [-0.1, -0.05) is 12.1 Å². The van der Waals surface area contributed by atoms with Gasteiger partial charge in [-0.25, -0.2) is 0 Å². The minimum absolute atomic E-state index is 0. The number of ether oxygens (including phenoxy) is 2. The molecule has 1 heterocycles. The van der Waals surface area contributed by atoms with Crippen LogP contribution in [0.3, 0.4) is 0 Å². The maximum Gasteiger partial charge on any atom is 0.573 e. The molecule has 23 heavy (non-hydrogen) atoms. The van der Waals surface area contributed by atoms with Crippen molar-refractivity contribution in [3.8, 4) is 5.75 Å². The lowest BCUT2D eigenvalue weighted by molar-refractivity contribution is -0.274. The zero-order valence-electron chi connectivity index (χ0n) is 12.4. The fraction of sp³-hybridized carbons (Fsp3) is 0.500. The summed E-state index contributed by atoms with van der Waals surface area (Å²) in [5.74, 6) is -0.400. The first-order valence-electron chi connectivity index (χ1n) is 6.76. The highest BCUT2D eigenvalue weighted by Gasteiger charge is 2.31. The first kappa shape index (κ1) is 19.5. The van der Waals surface area contributed by atoms with Crippen molar-refractivity contribution in [3.05, 3.63) is 29.8 Å². The first-order valence-corrected chi connectivity index (χ1v) is 6.76. The number of hydrogen-bond donors (Lipinski definition) is 1. The highest BCUT2D eigenvalue weighted by Crippen LogP contribution is 2.23. The summed E-state index contributed by atoms with van der Waals surface area (Å²) in [6.45, 7) is 1.81. The first-order chi connectivity index (χ1) is 10.3. The summed E-state index contributed by atoms with van der Waals surface area (Å²) in [6.07, 6.45) is -4.71. The molecule has 2 rings (SSSR count). The van der Waals surface area contributed by atoms with Gasteiger partial charge in [0.2, 0.25) is 5.91 Å². The standard InChI is InChI=1S/C14H17F3N2O3.ClH/c1-19(13(20)12-9-21-7-6-18-12)8-10-2-4-11(5-3-10)22-14(15,16)17;/h2-5,12,18H,6-9H2,1H3;1H. The molecule has 1 fully saturated rings. The Balaban J connectivity index is 0.00000264. The quantitative estimate of drug-likeness (QED) is 0.898. The van der Waals surface area contributed by atoms with Crippen molar-refractivity contribution in [1.29, 1.82) is 0 Å². The van der Waals surface area contributed by atoms with Gasteiger partial charge in [0.15, 0.2) is 0 Å². The molecule has 9 heteroatoms. The van der Waals surface area contributed by atoms with E-state index in [4.69, 9.17) is 4.74 Å². The molecule has 1 N–H and O–H groups in total. The third kappa shape index (κ3) is 6.25. The van der Waals surface area contributed by atoms with Gasteiger partial charge in [-0.05, 0) is 17.7 Å². The van der Waals surface area contributed by atoms with Crippen LogP contribution in [-0.4, -0.2) is 50.0 Å². The number of rotatable bonds is 4. The lowest BCUT2D eigenvalue weighted by Crippen LogP contribution is -2.51. The highest BCUT2D eigenvalue weighted by atomic mass is 35.5. The number of benzene rings is 1. The van der Waals surface area contributed by atoms with Gasteiger partial charge in [-0.2, -0.15) is 0 Å². The Morgan fingerprint density at radius 1 is 1.39 bits per heavy atom. The number of carbonyl (C=O) groups is 1. The highest BCUT2D eigenvalue weighted by molar-refractivity contribution is 5.85. The number of likely N-dealkylation sites (N-methyl/N-ethyl adjacent to an activating group) is 1. The number of alkyl halides is 3. The summed E-state index contributed by atoms with van der Waals surface area (Å²) in [5.41, 5.74) is 0.710. The topological polar surface area (TPSA) is 50.8 Å². The maximum absolute atomic E-state index is 12.2. The molecule has 1 saturated heterocycles. The van der Waals surface area contributed by atoms with Crippen LogP contribution in [0.15, 0.2) is 24.3 Å². The SMILES string of the molecule is CN(Cc1ccc(OC(F)(F)F)cc1)C(=O)C1COCCN1.Cl. The summed E-state index contributed by atoms with van der Waals surface area (Å²) in [6, 6.07) is 5.06. The lowest BCUT2D eigenvalue weighted by Gasteiger charge is -2.27. The van der Waals surface area contributed by atoms with Gasteiger partial charge in [0, 0.05) is 20.1 Å². The van der Waals surface area contributed by atoms with Crippen molar-refractivity contribution in [2.45, 2.75) is 18.9 Å². The van der Waals surface area contributed by atoms with Crippen molar-refractivity contribution in [2.24, 2.45) is 0 Å². The Morgan fingerprint density at radius 3 is 2.57 bits per heavy atom. The monoisotopic (exact) mass is 354 g/mol. The summed E-state index contributed by atoms with van der Waals surface area (Å²) >= 11 is 0. The van der Waals surface area contributed by atoms with Crippen molar-refractivity contribution in [3.63, 3.8) is 0 Å². The normalized spacial score (nSPS) is 18.0. The molecule has 1 aliphatic heterocycles. The van der Waals surface area contributed by atoms with E-state index < -0.39 is 6.36 Å². The number of hydrogen-bond acceptors (Lipinski definition) is 4. The number of amides is 1. The minimum atomic E-state index is -4.71. The van der Waals surface area contributed by atoms with E-state index in [0.29, 0.717) is 31.9 Å². The maximum atomic E-state index is 12.2. The van der Waals surface area contributed by atoms with Crippen molar-refractivity contribution in [1.82, 2.24) is 10.2 Å². The summed E-state index contributed by atoms with van der Waals surface area (Å²) in [7, 11) is 1.64. The van der Waals surface area contributed by atoms with E-state index in [1.54, 1.807) is 7.05 Å². The Bertz CT molecular complexity index is 505. The second-order valence-corrected chi connectivity index (χ2v) is 4.97. The van der Waals surface area contributed by atoms with Crippen LogP contribution in [0.1, 0.15) is 5.56 Å². The number of nitrogens with one attached hydrogen (secondary N) is 1. The molecular weight excluding hydrogens is 337 g/mol. The van der Waals surface area contributed by atoms with Crippen LogP contribution in [-0.2, 0) is 16.1 Å². The fourth-order valence-electron chi connectivity index (χ4n) is 2.14. The molecule has 1 amide bonds. The second-order valence-electron chi connectivity index (χ2n) is 4.97. The van der Waals surface area contributed by atoms with Crippen molar-refractivity contribution in [2.75, 3.05) is 26.8 Å². The molecule has 0 saturated carbocycles. The minimum Gasteiger partial charge on any atom is -0.406 e. The third-order valence-corrected chi connectivity index (χ3v) is 3.17. The van der Waals surface area contributed by atoms with E-state index in [-0.39, 0.29) is 30.1 Å². The molecule has 1 atom stereocenters. The largest absolute Gasteiger partial charge is 0.573 e. The van der Waals surface area contributed by atoms with E-state index in [1.807, 2.05) is 0 Å². The summed E-state index contributed by atoms with van der Waals surface area (Å²) < 4.78 is 45.2. The zero-order chi connectivity index (χ0) is 16.2. The molecule has 0 spiro atoms. The molecule has 0 aromatic heterocycles. The van der Waals surface area contributed by atoms with Gasteiger partial charge in [-0.3, -0.25) is 4.79 Å². The fourth-order valence-corrected chi connectivity index (χ4v) is 2.14. The Labute approximate surface area is 138 Å². The van der Waals surface area contributed by atoms with Gasteiger partial charge in [-0.15, -0.1) is 25.6 Å². The van der Waals surface area contributed by atoms with Crippen LogP contribution >= 0.6 is 12.4 Å². The predicted octanol–water partition coefficient (Wildman–Crippen LogP) is 1.95. The number of halogens is 4. The molecule has 1 aliphatic rings. The van der Waals surface area contributed by atoms with Crippen LogP contribution in [0.25, 0.3) is 0 Å². The van der Waals surface area contributed by atoms with Crippen molar-refractivity contribution >= 4 is 18.3 Å². The lowest BCUT2D eigenvalue weighted by atomic mass is 10.2. The predicted molar refractivity (Wildman–Crippen MR) is 79.5 cm³/mol. The molecule has 0 radical (unpaired) electrons. The van der Waals surface area contributed by atoms with Crippen molar-refractivity contribution < 1.29 is 27.4 Å². The van der Waals surface area contributed by atoms with E-state index in [0.717, 1.165) is 0 Å². The van der Waals surface area contributed by atoms with Crippen LogP contribution < -0.4 is 10.1 Å². The Kier molecular flexibility index (Phi) is 7.11. The van der Waals surface area contributed by atoms with Gasteiger partial charge < -0.3 is 19.7 Å². The number of nitrogens with zero attached hydrogens (tertiary/aromatic N) is 1. The van der Waals surface area contributed by atoms with E-state index >= 15 is 0 Å². The van der Waals surface area contributed by atoms with Gasteiger partial charge >= 0.3 is 6.36 Å². The average Bonchev–Trinajstić information content (AvgIpc) is 2.48. The van der Waals surface area contributed by atoms with E-state index in [1.165, 1.54) is 29.2 Å². The van der Waals surface area contributed by atoms with Crippen LogP contribution in [0, 0.1) is 0 Å². The molecule has 1 aromatic rings. The smallest absolute Gasteiger partial charge is 0.406 e. The zero-order valence-corrected chi connectivity index (χ0v) is 13.2. The average molecular weight is 355 g/mol. The summed E-state index contributed by atoms with van der Waals surface area (Å²) in [5, 5.41) is 3.06. The molecular formula is C14H18ClF3N2O3. The Hall–Kier alpha value is -1.51. The van der Waals surface area contributed by atoms with Gasteiger partial charge in [0.05, 0.1) is 13.2 Å². The van der Waals surface area contributed by atoms with E-state index in [2.05, 4.69) is 10.1 Å². The van der Waals surface area contributed by atoms with Gasteiger partial charge in [0.1, 0.15) is 11.8 Å². The van der Waals surface area contributed by atoms with Crippen LogP contribution in [0.5, 0.6) is 5.75 Å². The van der Waals surface area contributed by atoms with Crippen LogP contribution in [0.4, 0.5) is 13.2 Å². The third-order valence-electron chi connectivity index (χ3n) is 3.17. The number of carbonyl (C=O) groups excluding carboxylic acids is 1. The summed E-state index contributed by atoms with van der Waals surface area (Å²) in [4.78, 5) is 13.7. The van der Waals surface area contributed by atoms with E-state index in [9.17, 15) is 18.0 Å². The number of morpholine rings is 1. The van der Waals surface area contributed by atoms with Crippen LogP contribution in [0.2, 0.25) is 0 Å². The Morgan fingerprint density at radius 2 is 2.04 bits per heavy atom. The van der Waals surface area contributed by atoms with Gasteiger partial charge in [0.25, 0.3) is 0 Å². The molecule has 0 bridgehead atoms. The molecule has 5 nitrogen and oxygen atoms in total. The molecule has 1 aromatic carbocycles. The molecule has 0 aliphatic carbocycles. The molecule has 1 unspecified atom stereocenters.